The van der Waals surface area contributed by atoms with Crippen molar-refractivity contribution in [1.82, 2.24) is 0 Å². The van der Waals surface area contributed by atoms with Crippen molar-refractivity contribution in [1.29, 1.82) is 0 Å². The Morgan fingerprint density at radius 1 is 1.42 bits per heavy atom. The summed E-state index contributed by atoms with van der Waals surface area (Å²) in [6.07, 6.45) is 8.16. The second-order valence-electron chi connectivity index (χ2n) is 3.68. The van der Waals surface area contributed by atoms with Crippen molar-refractivity contribution in [3.8, 4) is 0 Å². The Bertz CT molecular complexity index is 212. The molecule has 2 heteroatoms. The number of rotatable bonds is 2. The summed E-state index contributed by atoms with van der Waals surface area (Å²) in [6, 6.07) is 0. The summed E-state index contributed by atoms with van der Waals surface area (Å²) < 4.78 is 4.84. The van der Waals surface area contributed by atoms with Crippen molar-refractivity contribution in [2.45, 2.75) is 32.1 Å². The number of carbonyl (C=O) groups excluding carboxylic acids is 1. The van der Waals surface area contributed by atoms with Crippen molar-refractivity contribution < 1.29 is 9.53 Å². The van der Waals surface area contributed by atoms with Gasteiger partial charge in [0.25, 0.3) is 0 Å². The molecule has 0 aromatic heterocycles. The molecule has 0 spiro atoms. The lowest BCUT2D eigenvalue weighted by molar-refractivity contribution is -0.136. The summed E-state index contributed by atoms with van der Waals surface area (Å²) in [4.78, 5) is 11.1. The second-order valence-corrected chi connectivity index (χ2v) is 3.68. The number of carbonyl (C=O) groups is 1. The van der Waals surface area contributed by atoms with Gasteiger partial charge in [0.05, 0.1) is 0 Å². The van der Waals surface area contributed by atoms with Gasteiger partial charge in [0.15, 0.2) is 0 Å². The van der Waals surface area contributed by atoms with Gasteiger partial charge >= 0.3 is 5.97 Å². The molecule has 0 amide bonds. The van der Waals surface area contributed by atoms with Gasteiger partial charge < -0.3 is 4.74 Å². The molecule has 2 aliphatic rings. The van der Waals surface area contributed by atoms with Gasteiger partial charge in [0, 0.05) is 5.57 Å². The summed E-state index contributed by atoms with van der Waals surface area (Å²) in [5.41, 5.74) is 0.918. The zero-order chi connectivity index (χ0) is 8.39. The number of hydrogen-bond donors (Lipinski definition) is 0. The monoisotopic (exact) mass is 166 g/mol. The van der Waals surface area contributed by atoms with Crippen LogP contribution in [0.2, 0.25) is 0 Å². The average molecular weight is 166 g/mol. The third-order valence-corrected chi connectivity index (χ3v) is 2.79. The maximum absolute atomic E-state index is 11.1. The van der Waals surface area contributed by atoms with Crippen molar-refractivity contribution in [3.63, 3.8) is 0 Å². The van der Waals surface area contributed by atoms with Crippen LogP contribution in [0.3, 0.4) is 0 Å². The summed E-state index contributed by atoms with van der Waals surface area (Å²) in [5, 5.41) is 0. The normalized spacial score (nSPS) is 24.3. The molecular formula is C10H14O2. The summed E-state index contributed by atoms with van der Waals surface area (Å²) in [7, 11) is 0. The Labute approximate surface area is 72.6 Å². The minimum atomic E-state index is -0.0816. The molecule has 1 aliphatic carbocycles. The predicted octanol–water partition coefficient (Wildman–Crippen LogP) is 2.05. The smallest absolute Gasteiger partial charge is 0.334 e. The van der Waals surface area contributed by atoms with E-state index in [2.05, 4.69) is 0 Å². The van der Waals surface area contributed by atoms with E-state index in [1.54, 1.807) is 0 Å². The average Bonchev–Trinajstić information content (AvgIpc) is 2.65. The Kier molecular flexibility index (Phi) is 2.15. The van der Waals surface area contributed by atoms with Crippen LogP contribution in [0.5, 0.6) is 0 Å². The van der Waals surface area contributed by atoms with E-state index < -0.39 is 0 Å². The van der Waals surface area contributed by atoms with E-state index in [0.29, 0.717) is 6.61 Å². The maximum atomic E-state index is 11.1. The van der Waals surface area contributed by atoms with Gasteiger partial charge in [-0.2, -0.15) is 0 Å². The molecule has 0 N–H and O–H groups in total. The molecule has 1 heterocycles. The van der Waals surface area contributed by atoms with E-state index in [9.17, 15) is 4.79 Å². The predicted molar refractivity (Wildman–Crippen MR) is 45.6 cm³/mol. The third-order valence-electron chi connectivity index (χ3n) is 2.79. The van der Waals surface area contributed by atoms with Gasteiger partial charge in [-0.1, -0.05) is 25.7 Å². The molecule has 1 fully saturated rings. The number of hydrogen-bond acceptors (Lipinski definition) is 2. The fourth-order valence-electron chi connectivity index (χ4n) is 2.09. The Morgan fingerprint density at radius 3 is 2.75 bits per heavy atom. The maximum Gasteiger partial charge on any atom is 0.334 e. The summed E-state index contributed by atoms with van der Waals surface area (Å²) in [5.74, 6) is 0.670. The lowest BCUT2D eigenvalue weighted by Gasteiger charge is -2.06. The van der Waals surface area contributed by atoms with Crippen LogP contribution in [0.1, 0.15) is 32.1 Å². The molecule has 66 valence electrons. The van der Waals surface area contributed by atoms with Crippen LogP contribution in [0, 0.1) is 5.92 Å². The molecule has 1 saturated carbocycles. The van der Waals surface area contributed by atoms with E-state index >= 15 is 0 Å². The van der Waals surface area contributed by atoms with Crippen molar-refractivity contribution in [3.05, 3.63) is 11.6 Å². The SMILES string of the molecule is O=C1OCC=C1CC1CCCC1. The molecule has 0 bridgehead atoms. The van der Waals surface area contributed by atoms with Crippen LogP contribution in [0.4, 0.5) is 0 Å². The van der Waals surface area contributed by atoms with E-state index in [1.165, 1.54) is 25.7 Å². The molecule has 2 nitrogen and oxygen atoms in total. The first-order valence-electron chi connectivity index (χ1n) is 4.72. The van der Waals surface area contributed by atoms with Crippen LogP contribution in [-0.4, -0.2) is 12.6 Å². The lowest BCUT2D eigenvalue weighted by atomic mass is 9.98. The van der Waals surface area contributed by atoms with Crippen LogP contribution in [0.25, 0.3) is 0 Å². The molecule has 0 radical (unpaired) electrons. The highest BCUT2D eigenvalue weighted by molar-refractivity contribution is 5.90. The zero-order valence-electron chi connectivity index (χ0n) is 7.21. The fourth-order valence-corrected chi connectivity index (χ4v) is 2.09. The second kappa shape index (κ2) is 3.30. The molecule has 0 unspecified atom stereocenters. The van der Waals surface area contributed by atoms with Crippen molar-refractivity contribution >= 4 is 5.97 Å². The number of esters is 1. The molecule has 2 rings (SSSR count). The fraction of sp³-hybridized carbons (Fsp3) is 0.700. The topological polar surface area (TPSA) is 26.3 Å². The lowest BCUT2D eigenvalue weighted by Crippen LogP contribution is -2.03. The van der Waals surface area contributed by atoms with Gasteiger partial charge in [-0.05, 0) is 18.4 Å². The standard InChI is InChI=1S/C10H14O2/c11-10-9(5-6-12-10)7-8-3-1-2-4-8/h5,8H,1-4,6-7H2. The first-order valence-corrected chi connectivity index (χ1v) is 4.72. The van der Waals surface area contributed by atoms with Crippen molar-refractivity contribution in [2.24, 2.45) is 5.92 Å². The Hall–Kier alpha value is -0.790. The van der Waals surface area contributed by atoms with Crippen molar-refractivity contribution in [2.75, 3.05) is 6.61 Å². The molecule has 12 heavy (non-hydrogen) atoms. The first-order chi connectivity index (χ1) is 5.86. The van der Waals surface area contributed by atoms with Crippen LogP contribution in [-0.2, 0) is 9.53 Å². The minimum Gasteiger partial charge on any atom is -0.458 e. The zero-order valence-corrected chi connectivity index (χ0v) is 7.21. The van der Waals surface area contributed by atoms with E-state index in [-0.39, 0.29) is 5.97 Å². The molecule has 0 aromatic rings. The Morgan fingerprint density at radius 2 is 2.17 bits per heavy atom. The minimum absolute atomic E-state index is 0.0816. The van der Waals surface area contributed by atoms with Gasteiger partial charge in [-0.25, -0.2) is 4.79 Å². The highest BCUT2D eigenvalue weighted by Crippen LogP contribution is 2.31. The van der Waals surface area contributed by atoms with E-state index in [1.807, 2.05) is 6.08 Å². The van der Waals surface area contributed by atoms with Crippen LogP contribution in [0.15, 0.2) is 11.6 Å². The first kappa shape index (κ1) is 7.84. The molecule has 0 aromatic carbocycles. The van der Waals surface area contributed by atoms with E-state index in [4.69, 9.17) is 4.74 Å². The molecule has 1 aliphatic heterocycles. The van der Waals surface area contributed by atoms with E-state index in [0.717, 1.165) is 17.9 Å². The third kappa shape index (κ3) is 1.52. The quantitative estimate of drug-likeness (QED) is 0.587. The highest BCUT2D eigenvalue weighted by atomic mass is 16.5. The molecule has 0 atom stereocenters. The highest BCUT2D eigenvalue weighted by Gasteiger charge is 2.22. The van der Waals surface area contributed by atoms with Gasteiger partial charge in [0.2, 0.25) is 0 Å². The summed E-state index contributed by atoms with van der Waals surface area (Å²) in [6.45, 7) is 0.501. The van der Waals surface area contributed by atoms with Crippen LogP contribution < -0.4 is 0 Å². The van der Waals surface area contributed by atoms with Gasteiger partial charge in [0.1, 0.15) is 6.61 Å². The molecular weight excluding hydrogens is 152 g/mol. The number of ether oxygens (including phenoxy) is 1. The largest absolute Gasteiger partial charge is 0.458 e. The van der Waals surface area contributed by atoms with Gasteiger partial charge in [-0.3, -0.25) is 0 Å². The van der Waals surface area contributed by atoms with Crippen LogP contribution >= 0.6 is 0 Å². The summed E-state index contributed by atoms with van der Waals surface area (Å²) >= 11 is 0. The Balaban J connectivity index is 1.89. The number of cyclic esters (lactones) is 1. The molecule has 0 saturated heterocycles. The van der Waals surface area contributed by atoms with Gasteiger partial charge in [-0.15, -0.1) is 0 Å².